The van der Waals surface area contributed by atoms with E-state index >= 15 is 0 Å². The van der Waals surface area contributed by atoms with Gasteiger partial charge in [-0.25, -0.2) is 0 Å². The lowest BCUT2D eigenvalue weighted by Gasteiger charge is -2.26. The molecule has 0 aromatic carbocycles. The summed E-state index contributed by atoms with van der Waals surface area (Å²) in [7, 11) is 4.33. The van der Waals surface area contributed by atoms with E-state index < -0.39 is 0 Å². The standard InChI is InChI=1S/C12H26N2/c1-13-10-7-11-14(2)12-8-5-3-4-6-9-12/h12-13H,3-11H2,1-2H3. The molecule has 0 amide bonds. The van der Waals surface area contributed by atoms with Gasteiger partial charge in [-0.3, -0.25) is 0 Å². The first-order valence-corrected chi connectivity index (χ1v) is 6.19. The lowest BCUT2D eigenvalue weighted by Crippen LogP contribution is -2.33. The van der Waals surface area contributed by atoms with Gasteiger partial charge in [0.15, 0.2) is 0 Å². The molecule has 1 aliphatic carbocycles. The zero-order valence-corrected chi connectivity index (χ0v) is 9.89. The van der Waals surface area contributed by atoms with Crippen molar-refractivity contribution in [2.24, 2.45) is 0 Å². The fraction of sp³-hybridized carbons (Fsp3) is 1.00. The van der Waals surface area contributed by atoms with Gasteiger partial charge in [-0.05, 0) is 46.4 Å². The molecule has 0 radical (unpaired) electrons. The Morgan fingerprint density at radius 3 is 2.36 bits per heavy atom. The van der Waals surface area contributed by atoms with Crippen LogP contribution in [0.15, 0.2) is 0 Å². The van der Waals surface area contributed by atoms with Crippen LogP contribution in [0.1, 0.15) is 44.9 Å². The molecular weight excluding hydrogens is 172 g/mol. The van der Waals surface area contributed by atoms with Crippen LogP contribution in [-0.4, -0.2) is 38.1 Å². The van der Waals surface area contributed by atoms with Gasteiger partial charge < -0.3 is 10.2 Å². The third-order valence-corrected chi connectivity index (χ3v) is 3.39. The molecule has 0 aromatic heterocycles. The lowest BCUT2D eigenvalue weighted by molar-refractivity contribution is 0.218. The van der Waals surface area contributed by atoms with Crippen molar-refractivity contribution in [2.45, 2.75) is 51.0 Å². The Balaban J connectivity index is 2.16. The van der Waals surface area contributed by atoms with E-state index in [4.69, 9.17) is 0 Å². The van der Waals surface area contributed by atoms with Crippen molar-refractivity contribution in [3.8, 4) is 0 Å². The van der Waals surface area contributed by atoms with Crippen LogP contribution in [0.3, 0.4) is 0 Å². The van der Waals surface area contributed by atoms with Gasteiger partial charge in [0, 0.05) is 6.04 Å². The summed E-state index contributed by atoms with van der Waals surface area (Å²) in [6.45, 7) is 2.41. The van der Waals surface area contributed by atoms with Crippen molar-refractivity contribution < 1.29 is 0 Å². The van der Waals surface area contributed by atoms with Crippen molar-refractivity contribution in [3.05, 3.63) is 0 Å². The summed E-state index contributed by atoms with van der Waals surface area (Å²) in [5.41, 5.74) is 0. The minimum Gasteiger partial charge on any atom is -0.320 e. The third-order valence-electron chi connectivity index (χ3n) is 3.39. The van der Waals surface area contributed by atoms with E-state index in [9.17, 15) is 0 Å². The van der Waals surface area contributed by atoms with Crippen molar-refractivity contribution in [1.29, 1.82) is 0 Å². The monoisotopic (exact) mass is 198 g/mol. The highest BCUT2D eigenvalue weighted by Crippen LogP contribution is 2.20. The van der Waals surface area contributed by atoms with Crippen molar-refractivity contribution in [3.63, 3.8) is 0 Å². The van der Waals surface area contributed by atoms with Crippen LogP contribution >= 0.6 is 0 Å². The van der Waals surface area contributed by atoms with Gasteiger partial charge in [-0.1, -0.05) is 25.7 Å². The van der Waals surface area contributed by atoms with Crippen molar-refractivity contribution >= 4 is 0 Å². The van der Waals surface area contributed by atoms with Crippen LogP contribution in [0.25, 0.3) is 0 Å². The summed E-state index contributed by atoms with van der Waals surface area (Å²) in [5.74, 6) is 0. The second-order valence-electron chi connectivity index (χ2n) is 4.58. The molecule has 0 heterocycles. The van der Waals surface area contributed by atoms with Crippen LogP contribution in [0, 0.1) is 0 Å². The van der Waals surface area contributed by atoms with Crippen molar-refractivity contribution in [2.75, 3.05) is 27.2 Å². The van der Waals surface area contributed by atoms with Gasteiger partial charge in [0.05, 0.1) is 0 Å². The van der Waals surface area contributed by atoms with Gasteiger partial charge in [0.1, 0.15) is 0 Å². The fourth-order valence-electron chi connectivity index (χ4n) is 2.39. The van der Waals surface area contributed by atoms with E-state index in [0.717, 1.165) is 12.6 Å². The molecule has 0 atom stereocenters. The molecule has 1 fully saturated rings. The number of nitrogens with one attached hydrogen (secondary N) is 1. The molecule has 0 aliphatic heterocycles. The average Bonchev–Trinajstić information content (AvgIpc) is 2.46. The normalized spacial score (nSPS) is 19.9. The predicted octanol–water partition coefficient (Wildman–Crippen LogP) is 2.25. The Labute approximate surface area is 89.1 Å². The summed E-state index contributed by atoms with van der Waals surface area (Å²) >= 11 is 0. The molecule has 1 saturated carbocycles. The van der Waals surface area contributed by atoms with Gasteiger partial charge in [-0.2, -0.15) is 0 Å². The van der Waals surface area contributed by atoms with E-state index in [-0.39, 0.29) is 0 Å². The van der Waals surface area contributed by atoms with E-state index in [1.54, 1.807) is 0 Å². The second kappa shape index (κ2) is 7.24. The molecule has 1 aliphatic rings. The number of nitrogens with zero attached hydrogens (tertiary/aromatic N) is 1. The minimum absolute atomic E-state index is 0.870. The average molecular weight is 198 g/mol. The highest BCUT2D eigenvalue weighted by Gasteiger charge is 2.15. The maximum Gasteiger partial charge on any atom is 0.00922 e. The molecule has 0 saturated heterocycles. The van der Waals surface area contributed by atoms with Crippen LogP contribution in [0.2, 0.25) is 0 Å². The molecule has 84 valence electrons. The summed E-state index contributed by atoms with van der Waals surface area (Å²) in [4.78, 5) is 2.57. The molecule has 14 heavy (non-hydrogen) atoms. The predicted molar refractivity (Wildman–Crippen MR) is 62.7 cm³/mol. The first-order chi connectivity index (χ1) is 6.84. The molecule has 1 rings (SSSR count). The van der Waals surface area contributed by atoms with E-state index in [1.807, 2.05) is 7.05 Å². The fourth-order valence-corrected chi connectivity index (χ4v) is 2.39. The zero-order valence-electron chi connectivity index (χ0n) is 9.89. The summed E-state index contributed by atoms with van der Waals surface area (Å²) < 4.78 is 0. The van der Waals surface area contributed by atoms with Crippen LogP contribution < -0.4 is 5.32 Å². The van der Waals surface area contributed by atoms with Gasteiger partial charge >= 0.3 is 0 Å². The van der Waals surface area contributed by atoms with Crippen LogP contribution in [-0.2, 0) is 0 Å². The molecular formula is C12H26N2. The quantitative estimate of drug-likeness (QED) is 0.538. The number of rotatable bonds is 5. The maximum atomic E-state index is 3.21. The van der Waals surface area contributed by atoms with Gasteiger partial charge in [0.25, 0.3) is 0 Å². The molecule has 0 aromatic rings. The Kier molecular flexibility index (Phi) is 6.20. The van der Waals surface area contributed by atoms with Gasteiger partial charge in [-0.15, -0.1) is 0 Å². The Morgan fingerprint density at radius 1 is 1.14 bits per heavy atom. The Hall–Kier alpha value is -0.0800. The first-order valence-electron chi connectivity index (χ1n) is 6.19. The highest BCUT2D eigenvalue weighted by atomic mass is 15.1. The molecule has 2 heteroatoms. The summed E-state index contributed by atoms with van der Waals surface area (Å²) in [6, 6.07) is 0.870. The largest absolute Gasteiger partial charge is 0.320 e. The Morgan fingerprint density at radius 2 is 1.79 bits per heavy atom. The lowest BCUT2D eigenvalue weighted by atomic mass is 10.1. The van der Waals surface area contributed by atoms with E-state index in [1.165, 1.54) is 51.5 Å². The smallest absolute Gasteiger partial charge is 0.00922 e. The molecule has 0 spiro atoms. The molecule has 2 nitrogen and oxygen atoms in total. The van der Waals surface area contributed by atoms with E-state index in [0.29, 0.717) is 0 Å². The van der Waals surface area contributed by atoms with Crippen molar-refractivity contribution in [1.82, 2.24) is 10.2 Å². The Bertz CT molecular complexity index is 128. The molecule has 0 unspecified atom stereocenters. The minimum atomic E-state index is 0.870. The van der Waals surface area contributed by atoms with Crippen LogP contribution in [0.5, 0.6) is 0 Å². The first kappa shape index (κ1) is 12.0. The third kappa shape index (κ3) is 4.43. The van der Waals surface area contributed by atoms with Crippen LogP contribution in [0.4, 0.5) is 0 Å². The summed E-state index contributed by atoms with van der Waals surface area (Å²) in [5, 5.41) is 3.21. The summed E-state index contributed by atoms with van der Waals surface area (Å²) in [6.07, 6.45) is 9.94. The topological polar surface area (TPSA) is 15.3 Å². The SMILES string of the molecule is CNCCCN(C)C1CCCCCC1. The molecule has 1 N–H and O–H groups in total. The van der Waals surface area contributed by atoms with E-state index in [2.05, 4.69) is 17.3 Å². The second-order valence-corrected chi connectivity index (χ2v) is 4.58. The number of hydrogen-bond donors (Lipinski definition) is 1. The van der Waals surface area contributed by atoms with Gasteiger partial charge in [0.2, 0.25) is 0 Å². The zero-order chi connectivity index (χ0) is 10.2. The maximum absolute atomic E-state index is 3.21. The molecule has 0 bridgehead atoms. The highest BCUT2D eigenvalue weighted by molar-refractivity contribution is 4.72. The number of hydrogen-bond acceptors (Lipinski definition) is 2.